The van der Waals surface area contributed by atoms with Crippen molar-refractivity contribution >= 4 is 39.6 Å². The Hall–Kier alpha value is -1.46. The third-order valence-electron chi connectivity index (χ3n) is 1.92. The Kier molecular flexibility index (Phi) is 4.06. The van der Waals surface area contributed by atoms with Crippen molar-refractivity contribution in [3.63, 3.8) is 0 Å². The fraction of sp³-hybridized carbons (Fsp3) is 0. The molecule has 1 N–H and O–H groups in total. The first-order valence-corrected chi connectivity index (χ1v) is 5.94. The van der Waals surface area contributed by atoms with Gasteiger partial charge in [-0.3, -0.25) is 5.43 Å². The fourth-order valence-corrected chi connectivity index (χ4v) is 1.68. The highest BCUT2D eigenvalue weighted by molar-refractivity contribution is 9.10. The van der Waals surface area contributed by atoms with E-state index in [9.17, 15) is 0 Å². The van der Waals surface area contributed by atoms with E-state index in [1.165, 1.54) is 6.33 Å². The molecule has 1 heterocycles. The van der Waals surface area contributed by atoms with Gasteiger partial charge in [0.05, 0.1) is 6.21 Å². The van der Waals surface area contributed by atoms with Crippen molar-refractivity contribution < 1.29 is 0 Å². The summed E-state index contributed by atoms with van der Waals surface area (Å²) in [6, 6.07) is 9.37. The van der Waals surface area contributed by atoms with Crippen molar-refractivity contribution in [2.24, 2.45) is 5.10 Å². The van der Waals surface area contributed by atoms with Gasteiger partial charge in [0.2, 0.25) is 0 Å². The minimum atomic E-state index is 0.374. The SMILES string of the molecule is Clc1cc(NN=Cc2ccccc2Br)ncn1. The minimum absolute atomic E-state index is 0.374. The summed E-state index contributed by atoms with van der Waals surface area (Å²) in [6.45, 7) is 0. The zero-order valence-electron chi connectivity index (χ0n) is 8.64. The molecule has 0 atom stereocenters. The third kappa shape index (κ3) is 3.51. The van der Waals surface area contributed by atoms with Crippen molar-refractivity contribution in [1.82, 2.24) is 9.97 Å². The van der Waals surface area contributed by atoms with Gasteiger partial charge in [-0.1, -0.05) is 45.7 Å². The molecule has 4 nitrogen and oxygen atoms in total. The topological polar surface area (TPSA) is 50.2 Å². The van der Waals surface area contributed by atoms with Crippen LogP contribution in [0.1, 0.15) is 5.56 Å². The van der Waals surface area contributed by atoms with Crippen molar-refractivity contribution in [1.29, 1.82) is 0 Å². The Bertz CT molecular complexity index is 544. The van der Waals surface area contributed by atoms with Gasteiger partial charge in [-0.25, -0.2) is 9.97 Å². The smallest absolute Gasteiger partial charge is 0.151 e. The number of halogens is 2. The summed E-state index contributed by atoms with van der Waals surface area (Å²) in [5.74, 6) is 0.549. The molecule has 0 aliphatic carbocycles. The maximum Gasteiger partial charge on any atom is 0.151 e. The van der Waals surface area contributed by atoms with E-state index in [4.69, 9.17) is 11.6 Å². The number of rotatable bonds is 3. The lowest BCUT2D eigenvalue weighted by Gasteiger charge is -1.99. The first-order valence-electron chi connectivity index (χ1n) is 4.77. The van der Waals surface area contributed by atoms with Crippen molar-refractivity contribution in [2.75, 3.05) is 5.43 Å². The standard InChI is InChI=1S/C11H8BrClN4/c12-9-4-2-1-3-8(9)6-16-17-11-5-10(13)14-7-15-11/h1-7H,(H,14,15,17). The van der Waals surface area contributed by atoms with Crippen LogP contribution in [0.3, 0.4) is 0 Å². The fourth-order valence-electron chi connectivity index (χ4n) is 1.14. The molecule has 1 aromatic heterocycles. The van der Waals surface area contributed by atoms with Gasteiger partial charge in [0.25, 0.3) is 0 Å². The Morgan fingerprint density at radius 3 is 2.88 bits per heavy atom. The number of aromatic nitrogens is 2. The summed E-state index contributed by atoms with van der Waals surface area (Å²) in [5.41, 5.74) is 3.75. The van der Waals surface area contributed by atoms with Crippen LogP contribution in [-0.4, -0.2) is 16.2 Å². The van der Waals surface area contributed by atoms with Crippen LogP contribution in [0, 0.1) is 0 Å². The van der Waals surface area contributed by atoms with E-state index in [1.54, 1.807) is 12.3 Å². The van der Waals surface area contributed by atoms with E-state index in [2.05, 4.69) is 36.4 Å². The maximum absolute atomic E-state index is 5.72. The number of anilines is 1. The first-order chi connectivity index (χ1) is 8.25. The number of nitrogens with one attached hydrogen (secondary N) is 1. The molecule has 1 aromatic carbocycles. The number of nitrogens with zero attached hydrogens (tertiary/aromatic N) is 3. The highest BCUT2D eigenvalue weighted by atomic mass is 79.9. The average Bonchev–Trinajstić information content (AvgIpc) is 2.32. The van der Waals surface area contributed by atoms with Gasteiger partial charge in [0.15, 0.2) is 5.82 Å². The molecule has 0 unspecified atom stereocenters. The van der Waals surface area contributed by atoms with E-state index in [-0.39, 0.29) is 0 Å². The van der Waals surface area contributed by atoms with Crippen LogP contribution >= 0.6 is 27.5 Å². The van der Waals surface area contributed by atoms with E-state index in [1.807, 2.05) is 24.3 Å². The summed E-state index contributed by atoms with van der Waals surface area (Å²) >= 11 is 9.14. The van der Waals surface area contributed by atoms with Gasteiger partial charge in [0, 0.05) is 16.1 Å². The third-order valence-corrected chi connectivity index (χ3v) is 2.85. The molecule has 0 radical (unpaired) electrons. The predicted molar refractivity (Wildman–Crippen MR) is 72.4 cm³/mol. The Labute approximate surface area is 112 Å². The second-order valence-electron chi connectivity index (χ2n) is 3.12. The lowest BCUT2D eigenvalue weighted by Crippen LogP contribution is -1.94. The van der Waals surface area contributed by atoms with Gasteiger partial charge in [-0.2, -0.15) is 5.10 Å². The molecule has 86 valence electrons. The Morgan fingerprint density at radius 1 is 1.29 bits per heavy atom. The maximum atomic E-state index is 5.72. The summed E-state index contributed by atoms with van der Waals surface area (Å²) < 4.78 is 0.978. The molecule has 0 saturated heterocycles. The molecule has 0 saturated carbocycles. The monoisotopic (exact) mass is 310 g/mol. The number of hydrogen-bond donors (Lipinski definition) is 1. The number of hydrogen-bond acceptors (Lipinski definition) is 4. The molecule has 0 amide bonds. The molecule has 0 aliphatic heterocycles. The first kappa shape index (κ1) is 12.0. The second kappa shape index (κ2) is 5.75. The minimum Gasteiger partial charge on any atom is -0.261 e. The summed E-state index contributed by atoms with van der Waals surface area (Å²) in [7, 11) is 0. The normalized spacial score (nSPS) is 10.7. The summed E-state index contributed by atoms with van der Waals surface area (Å²) in [4.78, 5) is 7.74. The number of benzene rings is 1. The highest BCUT2D eigenvalue weighted by Gasteiger charge is 1.95. The van der Waals surface area contributed by atoms with Crippen LogP contribution in [0.25, 0.3) is 0 Å². The van der Waals surface area contributed by atoms with Gasteiger partial charge < -0.3 is 0 Å². The highest BCUT2D eigenvalue weighted by Crippen LogP contribution is 2.13. The predicted octanol–water partition coefficient (Wildman–Crippen LogP) is 3.34. The van der Waals surface area contributed by atoms with Crippen molar-refractivity contribution in [3.8, 4) is 0 Å². The molecule has 2 rings (SSSR count). The van der Waals surface area contributed by atoms with Crippen molar-refractivity contribution in [3.05, 3.63) is 51.8 Å². The van der Waals surface area contributed by atoms with Crippen LogP contribution < -0.4 is 5.43 Å². The van der Waals surface area contributed by atoms with Gasteiger partial charge >= 0.3 is 0 Å². The Balaban J connectivity index is 2.06. The average molecular weight is 312 g/mol. The molecule has 0 spiro atoms. The molecular weight excluding hydrogens is 304 g/mol. The quantitative estimate of drug-likeness (QED) is 0.537. The second-order valence-corrected chi connectivity index (χ2v) is 4.36. The van der Waals surface area contributed by atoms with E-state index in [0.717, 1.165) is 10.0 Å². The summed E-state index contributed by atoms with van der Waals surface area (Å²) in [5, 5.41) is 4.43. The zero-order valence-corrected chi connectivity index (χ0v) is 11.0. The number of hydrazone groups is 1. The van der Waals surface area contributed by atoms with Crippen LogP contribution in [0.5, 0.6) is 0 Å². The lowest BCUT2D eigenvalue weighted by atomic mass is 10.2. The van der Waals surface area contributed by atoms with E-state index in [0.29, 0.717) is 11.0 Å². The molecule has 0 fully saturated rings. The van der Waals surface area contributed by atoms with Gasteiger partial charge in [0.1, 0.15) is 11.5 Å². The zero-order chi connectivity index (χ0) is 12.1. The van der Waals surface area contributed by atoms with Crippen LogP contribution in [0.4, 0.5) is 5.82 Å². The van der Waals surface area contributed by atoms with Crippen LogP contribution in [0.2, 0.25) is 5.15 Å². The molecule has 2 aromatic rings. The van der Waals surface area contributed by atoms with E-state index < -0.39 is 0 Å². The van der Waals surface area contributed by atoms with Crippen LogP contribution in [0.15, 0.2) is 46.2 Å². The molecule has 17 heavy (non-hydrogen) atoms. The lowest BCUT2D eigenvalue weighted by molar-refractivity contribution is 1.14. The van der Waals surface area contributed by atoms with Crippen LogP contribution in [-0.2, 0) is 0 Å². The molecular formula is C11H8BrClN4. The van der Waals surface area contributed by atoms with Gasteiger partial charge in [-0.05, 0) is 6.07 Å². The summed E-state index contributed by atoms with van der Waals surface area (Å²) in [6.07, 6.45) is 3.07. The largest absolute Gasteiger partial charge is 0.261 e. The van der Waals surface area contributed by atoms with E-state index >= 15 is 0 Å². The Morgan fingerprint density at radius 2 is 2.12 bits per heavy atom. The molecule has 0 bridgehead atoms. The van der Waals surface area contributed by atoms with Gasteiger partial charge in [-0.15, -0.1) is 0 Å². The molecule has 6 heteroatoms. The molecule has 0 aliphatic rings. The van der Waals surface area contributed by atoms with Crippen molar-refractivity contribution in [2.45, 2.75) is 0 Å².